The quantitative estimate of drug-likeness (QED) is 0.599. The highest BCUT2D eigenvalue weighted by atomic mass is 16.7. The average molecular weight is 430 g/mol. The molecule has 0 aromatic carbocycles. The van der Waals surface area contributed by atoms with Gasteiger partial charge in [0.1, 0.15) is 12.5 Å². The van der Waals surface area contributed by atoms with Gasteiger partial charge in [0.25, 0.3) is 0 Å². The molecule has 5 nitrogen and oxygen atoms in total. The zero-order chi connectivity index (χ0) is 21.5. The van der Waals surface area contributed by atoms with Crippen LogP contribution in [0.2, 0.25) is 0 Å². The summed E-state index contributed by atoms with van der Waals surface area (Å²) in [5.74, 6) is 2.64. The molecule has 0 N–H and O–H groups in total. The second-order valence-electron chi connectivity index (χ2n) is 9.75. The molecule has 4 fully saturated rings. The van der Waals surface area contributed by atoms with Crippen molar-refractivity contribution < 1.29 is 18.9 Å². The highest BCUT2D eigenvalue weighted by Crippen LogP contribution is 2.58. The van der Waals surface area contributed by atoms with Crippen LogP contribution in [0.15, 0.2) is 36.7 Å². The Morgan fingerprint density at radius 3 is 2.65 bits per heavy atom. The van der Waals surface area contributed by atoms with Crippen molar-refractivity contribution in [1.82, 2.24) is 4.98 Å². The molecule has 2 aliphatic carbocycles. The van der Waals surface area contributed by atoms with E-state index in [9.17, 15) is 0 Å². The summed E-state index contributed by atoms with van der Waals surface area (Å²) in [5, 5.41) is 0. The van der Waals surface area contributed by atoms with Crippen LogP contribution in [-0.4, -0.2) is 44.3 Å². The third-order valence-corrected chi connectivity index (χ3v) is 7.95. The van der Waals surface area contributed by atoms with E-state index in [2.05, 4.69) is 18.5 Å². The molecule has 5 rings (SSSR count). The van der Waals surface area contributed by atoms with E-state index in [4.69, 9.17) is 18.9 Å². The molecule has 0 bridgehead atoms. The number of pyridine rings is 1. The second kappa shape index (κ2) is 10.9. The molecule has 2 saturated carbocycles. The lowest BCUT2D eigenvalue weighted by molar-refractivity contribution is -0.218. The predicted molar refractivity (Wildman–Crippen MR) is 121 cm³/mol. The van der Waals surface area contributed by atoms with Gasteiger partial charge in [0.2, 0.25) is 0 Å². The minimum absolute atomic E-state index is 0.294. The molecule has 5 unspecified atom stereocenters. The highest BCUT2D eigenvalue weighted by molar-refractivity contribution is 5.18. The number of ether oxygens (including phenoxy) is 4. The van der Waals surface area contributed by atoms with Crippen LogP contribution in [0, 0.1) is 23.2 Å². The van der Waals surface area contributed by atoms with Crippen LogP contribution in [0.4, 0.5) is 0 Å². The molecule has 31 heavy (non-hydrogen) atoms. The molecule has 172 valence electrons. The Morgan fingerprint density at radius 2 is 1.94 bits per heavy atom. The molecule has 0 spiro atoms. The van der Waals surface area contributed by atoms with Gasteiger partial charge in [-0.25, -0.2) is 0 Å². The number of nitrogens with zero attached hydrogens (tertiary/aromatic N) is 1. The highest BCUT2D eigenvalue weighted by Gasteiger charge is 2.53. The summed E-state index contributed by atoms with van der Waals surface area (Å²) in [7, 11) is 0. The van der Waals surface area contributed by atoms with E-state index >= 15 is 0 Å². The van der Waals surface area contributed by atoms with Crippen molar-refractivity contribution in [2.24, 2.45) is 23.2 Å². The molecule has 1 aromatic rings. The third-order valence-electron chi connectivity index (χ3n) is 7.95. The minimum atomic E-state index is 0.294. The van der Waals surface area contributed by atoms with Gasteiger partial charge < -0.3 is 18.9 Å². The zero-order valence-electron chi connectivity index (χ0n) is 19.1. The van der Waals surface area contributed by atoms with E-state index in [0.29, 0.717) is 36.1 Å². The van der Waals surface area contributed by atoms with E-state index in [1.165, 1.54) is 37.7 Å². The topological polar surface area (TPSA) is 49.8 Å². The normalized spacial score (nSPS) is 35.2. The van der Waals surface area contributed by atoms with Crippen LogP contribution in [0.5, 0.6) is 5.75 Å². The summed E-state index contributed by atoms with van der Waals surface area (Å²) in [4.78, 5) is 4.04. The summed E-state index contributed by atoms with van der Waals surface area (Å²) >= 11 is 0. The Kier molecular flexibility index (Phi) is 8.02. The summed E-state index contributed by atoms with van der Waals surface area (Å²) in [6.45, 7) is 11.0. The first-order chi connectivity index (χ1) is 15.2. The van der Waals surface area contributed by atoms with Crippen molar-refractivity contribution in [3.05, 3.63) is 36.7 Å². The Balaban J connectivity index is 0.000000334. The van der Waals surface area contributed by atoms with Crippen molar-refractivity contribution in [1.29, 1.82) is 0 Å². The van der Waals surface area contributed by atoms with Crippen molar-refractivity contribution >= 4 is 0 Å². The third kappa shape index (κ3) is 5.50. The van der Waals surface area contributed by atoms with E-state index in [1.54, 1.807) is 12.4 Å². The van der Waals surface area contributed by atoms with Gasteiger partial charge in [0.15, 0.2) is 0 Å². The van der Waals surface area contributed by atoms with E-state index in [1.807, 2.05) is 12.1 Å². The van der Waals surface area contributed by atoms with E-state index in [-0.39, 0.29) is 0 Å². The number of fused-ring (bicyclic) bond motifs is 3. The van der Waals surface area contributed by atoms with Crippen LogP contribution < -0.4 is 4.74 Å². The number of allylic oxidation sites excluding steroid dienone is 1. The Bertz CT molecular complexity index is 680. The molecule has 2 saturated heterocycles. The van der Waals surface area contributed by atoms with Gasteiger partial charge >= 0.3 is 0 Å². The maximum absolute atomic E-state index is 5.96. The van der Waals surface area contributed by atoms with Crippen molar-refractivity contribution in [3.8, 4) is 5.75 Å². The number of hydrogen-bond donors (Lipinski definition) is 0. The van der Waals surface area contributed by atoms with Crippen LogP contribution in [-0.2, 0) is 14.2 Å². The van der Waals surface area contributed by atoms with Crippen molar-refractivity contribution in [2.45, 2.75) is 64.4 Å². The van der Waals surface area contributed by atoms with Crippen molar-refractivity contribution in [2.75, 3.05) is 33.2 Å². The molecule has 0 amide bonds. The average Bonchev–Trinajstić information content (AvgIpc) is 2.83. The lowest BCUT2D eigenvalue weighted by Gasteiger charge is -2.57. The Morgan fingerprint density at radius 1 is 1.13 bits per heavy atom. The molecule has 4 aliphatic rings. The van der Waals surface area contributed by atoms with Crippen LogP contribution in [0.3, 0.4) is 0 Å². The molecule has 3 heterocycles. The first kappa shape index (κ1) is 22.8. The monoisotopic (exact) mass is 429 g/mol. The van der Waals surface area contributed by atoms with Gasteiger partial charge in [-0.05, 0) is 80.8 Å². The van der Waals surface area contributed by atoms with Gasteiger partial charge in [-0.1, -0.05) is 19.1 Å². The van der Waals surface area contributed by atoms with Crippen LogP contribution in [0.1, 0.15) is 58.3 Å². The zero-order valence-corrected chi connectivity index (χ0v) is 19.1. The fraction of sp³-hybridized carbons (Fsp3) is 0.731. The largest absolute Gasteiger partial charge is 0.493 e. The molecule has 5 atom stereocenters. The first-order valence-corrected chi connectivity index (χ1v) is 12.2. The summed E-state index contributed by atoms with van der Waals surface area (Å²) < 4.78 is 22.6. The Hall–Kier alpha value is -1.43. The molecule has 2 aliphatic heterocycles. The summed E-state index contributed by atoms with van der Waals surface area (Å²) in [6.07, 6.45) is 13.6. The summed E-state index contributed by atoms with van der Waals surface area (Å²) in [6, 6.07) is 3.84. The smallest absolute Gasteiger partial charge is 0.147 e. The van der Waals surface area contributed by atoms with E-state index < -0.39 is 0 Å². The molecular formula is C26H39NO4. The van der Waals surface area contributed by atoms with Gasteiger partial charge in [0, 0.05) is 31.5 Å². The SMILES string of the molecule is C1CCOCC1.C=C1CCC2C3COCOC3CCC2(C)C1CCOc1ccncc1. The maximum Gasteiger partial charge on any atom is 0.147 e. The molecule has 5 heteroatoms. The predicted octanol–water partition coefficient (Wildman–Crippen LogP) is 5.41. The molecule has 1 aromatic heterocycles. The van der Waals surface area contributed by atoms with E-state index in [0.717, 1.165) is 51.4 Å². The summed E-state index contributed by atoms with van der Waals surface area (Å²) in [5.41, 5.74) is 1.70. The number of aromatic nitrogens is 1. The standard InChI is InChI=1S/C21H29NO3.C5H10O/c1-15-3-4-19-17-13-23-14-25-20(17)5-9-21(19,2)18(15)8-12-24-16-6-10-22-11-7-16;1-2-4-6-5-3-1/h6-7,10-11,17-20H,1,3-5,8-9,12-14H2,2H3;1-5H2. The fourth-order valence-corrected chi connectivity index (χ4v) is 6.26. The van der Waals surface area contributed by atoms with Gasteiger partial charge in [0.05, 0.1) is 19.3 Å². The van der Waals surface area contributed by atoms with Crippen LogP contribution in [0.25, 0.3) is 0 Å². The van der Waals surface area contributed by atoms with Gasteiger partial charge in [-0.3, -0.25) is 4.98 Å². The second-order valence-corrected chi connectivity index (χ2v) is 9.75. The lowest BCUT2D eigenvalue weighted by Crippen LogP contribution is -2.54. The first-order valence-electron chi connectivity index (χ1n) is 12.2. The van der Waals surface area contributed by atoms with Gasteiger partial charge in [-0.15, -0.1) is 0 Å². The molecular weight excluding hydrogens is 390 g/mol. The van der Waals surface area contributed by atoms with Crippen molar-refractivity contribution in [3.63, 3.8) is 0 Å². The lowest BCUT2D eigenvalue weighted by atomic mass is 9.50. The van der Waals surface area contributed by atoms with Gasteiger partial charge in [-0.2, -0.15) is 0 Å². The number of hydrogen-bond acceptors (Lipinski definition) is 5. The number of rotatable bonds is 4. The maximum atomic E-state index is 5.96. The Labute approximate surface area is 187 Å². The minimum Gasteiger partial charge on any atom is -0.493 e. The fourth-order valence-electron chi connectivity index (χ4n) is 6.26. The van der Waals surface area contributed by atoms with Crippen LogP contribution >= 0.6 is 0 Å². The molecule has 0 radical (unpaired) electrons.